The molecule has 1 aliphatic heterocycles. The van der Waals surface area contributed by atoms with Crippen LogP contribution in [0.2, 0.25) is 0 Å². The number of nitrogens with two attached hydrogens (primary N) is 1. The quantitative estimate of drug-likeness (QED) is 0.260. The minimum Gasteiger partial charge on any atom is -0.371 e. The zero-order chi connectivity index (χ0) is 24.1. The molecule has 2 aromatic carbocycles. The van der Waals surface area contributed by atoms with Crippen LogP contribution < -0.4 is 5.14 Å². The number of morpholine rings is 1. The third-order valence-electron chi connectivity index (χ3n) is 5.69. The summed E-state index contributed by atoms with van der Waals surface area (Å²) in [6.45, 7) is 2.93. The Morgan fingerprint density at radius 2 is 1.82 bits per heavy atom. The van der Waals surface area contributed by atoms with E-state index < -0.39 is 11.7 Å². The molecule has 2 heterocycles. The van der Waals surface area contributed by atoms with Gasteiger partial charge in [0.1, 0.15) is 0 Å². The second-order valence-electron chi connectivity index (χ2n) is 7.99. The molecule has 0 amide bonds. The second-order valence-corrected chi connectivity index (χ2v) is 9.76. The summed E-state index contributed by atoms with van der Waals surface area (Å²) in [5.74, 6) is 1.69. The van der Waals surface area contributed by atoms with Crippen LogP contribution in [-0.2, 0) is 18.0 Å². The standard InChI is InChI=1S/C23H26F3N5OS2/c1-30-21(17-5-9-19(34-27)10-6-17)28-29-22(30)33-14-2-11-31-12-13-32-20(15-31)16-3-7-18(8-4-16)23(24,25)26/h3-10,20H,2,11-15,27H2,1H3. The van der Waals surface area contributed by atoms with E-state index in [1.54, 1.807) is 11.8 Å². The van der Waals surface area contributed by atoms with E-state index in [-0.39, 0.29) is 6.10 Å². The Kier molecular flexibility index (Phi) is 8.20. The third kappa shape index (κ3) is 6.14. The topological polar surface area (TPSA) is 69.2 Å². The van der Waals surface area contributed by atoms with Gasteiger partial charge in [-0.05, 0) is 54.7 Å². The van der Waals surface area contributed by atoms with Crippen LogP contribution in [0.15, 0.2) is 58.6 Å². The van der Waals surface area contributed by atoms with Gasteiger partial charge >= 0.3 is 6.18 Å². The zero-order valence-electron chi connectivity index (χ0n) is 18.7. The average Bonchev–Trinajstić information content (AvgIpc) is 3.21. The van der Waals surface area contributed by atoms with Gasteiger partial charge in [-0.1, -0.05) is 36.0 Å². The van der Waals surface area contributed by atoms with Crippen molar-refractivity contribution in [3.8, 4) is 11.4 Å². The fraction of sp³-hybridized carbons (Fsp3) is 0.391. The van der Waals surface area contributed by atoms with Crippen LogP contribution >= 0.6 is 23.7 Å². The van der Waals surface area contributed by atoms with E-state index in [1.165, 1.54) is 24.1 Å². The fourth-order valence-electron chi connectivity index (χ4n) is 3.82. The molecule has 4 rings (SSSR count). The Balaban J connectivity index is 1.26. The molecule has 6 nitrogen and oxygen atoms in total. The van der Waals surface area contributed by atoms with Crippen LogP contribution in [0, 0.1) is 0 Å². The number of nitrogens with zero attached hydrogens (tertiary/aromatic N) is 4. The Morgan fingerprint density at radius 1 is 1.09 bits per heavy atom. The Hall–Kier alpha value is -2.05. The first-order valence-corrected chi connectivity index (χ1v) is 12.7. The van der Waals surface area contributed by atoms with E-state index in [0.29, 0.717) is 13.2 Å². The predicted molar refractivity (Wildman–Crippen MR) is 128 cm³/mol. The van der Waals surface area contributed by atoms with Crippen molar-refractivity contribution in [2.75, 3.05) is 32.0 Å². The SMILES string of the molecule is Cn1c(SCCCN2CCOC(c3ccc(C(F)(F)F)cc3)C2)nnc1-c1ccc(SN)cc1. The molecule has 182 valence electrons. The molecule has 2 N–H and O–H groups in total. The second kappa shape index (κ2) is 11.1. The first-order valence-electron chi connectivity index (χ1n) is 10.9. The molecule has 1 saturated heterocycles. The first-order chi connectivity index (χ1) is 16.3. The van der Waals surface area contributed by atoms with Gasteiger partial charge in [0, 0.05) is 36.3 Å². The summed E-state index contributed by atoms with van der Waals surface area (Å²) < 4.78 is 46.2. The molecule has 0 saturated carbocycles. The van der Waals surface area contributed by atoms with Gasteiger partial charge in [0.2, 0.25) is 0 Å². The number of benzene rings is 2. The van der Waals surface area contributed by atoms with Gasteiger partial charge < -0.3 is 9.30 Å². The minimum atomic E-state index is -4.33. The lowest BCUT2D eigenvalue weighted by Gasteiger charge is -2.33. The number of alkyl halides is 3. The highest BCUT2D eigenvalue weighted by molar-refractivity contribution is 7.99. The van der Waals surface area contributed by atoms with Gasteiger partial charge in [0.15, 0.2) is 11.0 Å². The molecule has 11 heteroatoms. The van der Waals surface area contributed by atoms with Crippen LogP contribution in [0.1, 0.15) is 23.7 Å². The van der Waals surface area contributed by atoms with Gasteiger partial charge in [-0.15, -0.1) is 10.2 Å². The molecular formula is C23H26F3N5OS2. The van der Waals surface area contributed by atoms with E-state index >= 15 is 0 Å². The average molecular weight is 510 g/mol. The van der Waals surface area contributed by atoms with E-state index in [0.717, 1.165) is 64.4 Å². The van der Waals surface area contributed by atoms with E-state index in [2.05, 4.69) is 15.1 Å². The van der Waals surface area contributed by atoms with Crippen molar-refractivity contribution in [1.82, 2.24) is 19.7 Å². The fourth-order valence-corrected chi connectivity index (χ4v) is 4.95. The van der Waals surface area contributed by atoms with Gasteiger partial charge in [-0.25, -0.2) is 0 Å². The summed E-state index contributed by atoms with van der Waals surface area (Å²) in [5.41, 5.74) is 1.12. The molecule has 34 heavy (non-hydrogen) atoms. The zero-order valence-corrected chi connectivity index (χ0v) is 20.3. The smallest absolute Gasteiger partial charge is 0.371 e. The number of hydrogen-bond acceptors (Lipinski definition) is 7. The summed E-state index contributed by atoms with van der Waals surface area (Å²) in [4.78, 5) is 3.29. The van der Waals surface area contributed by atoms with Crippen molar-refractivity contribution < 1.29 is 17.9 Å². The molecule has 0 bridgehead atoms. The predicted octanol–water partition coefficient (Wildman–Crippen LogP) is 5.02. The highest BCUT2D eigenvalue weighted by Gasteiger charge is 2.30. The van der Waals surface area contributed by atoms with Crippen LogP contribution in [0.3, 0.4) is 0 Å². The van der Waals surface area contributed by atoms with Crippen LogP contribution in [0.5, 0.6) is 0 Å². The number of rotatable bonds is 8. The maximum absolute atomic E-state index is 12.8. The van der Waals surface area contributed by atoms with Gasteiger partial charge in [-0.2, -0.15) is 13.2 Å². The maximum atomic E-state index is 12.8. The number of hydrogen-bond donors (Lipinski definition) is 1. The Labute approximate surface area is 205 Å². The first kappa shape index (κ1) is 25.1. The third-order valence-corrected chi connectivity index (χ3v) is 7.34. The largest absolute Gasteiger partial charge is 0.416 e. The van der Waals surface area contributed by atoms with Crippen LogP contribution in [0.25, 0.3) is 11.4 Å². The minimum absolute atomic E-state index is 0.214. The molecule has 1 atom stereocenters. The van der Waals surface area contributed by atoms with Crippen molar-refractivity contribution in [1.29, 1.82) is 0 Å². The molecular weight excluding hydrogens is 483 g/mol. The summed E-state index contributed by atoms with van der Waals surface area (Å²) >= 11 is 2.87. The lowest BCUT2D eigenvalue weighted by molar-refractivity contribution is -0.137. The van der Waals surface area contributed by atoms with Crippen LogP contribution in [-0.4, -0.2) is 51.7 Å². The number of thioether (sulfide) groups is 1. The van der Waals surface area contributed by atoms with Crippen molar-refractivity contribution in [3.63, 3.8) is 0 Å². The number of ether oxygens (including phenoxy) is 1. The summed E-state index contributed by atoms with van der Waals surface area (Å²) in [7, 11) is 1.96. The van der Waals surface area contributed by atoms with E-state index in [9.17, 15) is 13.2 Å². The highest BCUT2D eigenvalue weighted by Crippen LogP contribution is 2.31. The molecule has 1 fully saturated rings. The lowest BCUT2D eigenvalue weighted by Crippen LogP contribution is -2.39. The molecule has 0 spiro atoms. The van der Waals surface area contributed by atoms with E-state index in [4.69, 9.17) is 9.88 Å². The van der Waals surface area contributed by atoms with Crippen molar-refractivity contribution in [3.05, 3.63) is 59.7 Å². The molecule has 1 aromatic heterocycles. The summed E-state index contributed by atoms with van der Waals surface area (Å²) in [5, 5.41) is 15.1. The van der Waals surface area contributed by atoms with E-state index in [1.807, 2.05) is 35.9 Å². The normalized spacial score (nSPS) is 17.3. The molecule has 3 aromatic rings. The number of halogens is 3. The summed E-state index contributed by atoms with van der Waals surface area (Å²) in [6.07, 6.45) is -3.59. The molecule has 0 aliphatic carbocycles. The summed E-state index contributed by atoms with van der Waals surface area (Å²) in [6, 6.07) is 13.2. The highest BCUT2D eigenvalue weighted by atomic mass is 32.2. The Bertz CT molecular complexity index is 1070. The lowest BCUT2D eigenvalue weighted by atomic mass is 10.1. The van der Waals surface area contributed by atoms with Gasteiger partial charge in [-0.3, -0.25) is 10.0 Å². The van der Waals surface area contributed by atoms with Gasteiger partial charge in [0.05, 0.1) is 18.3 Å². The maximum Gasteiger partial charge on any atom is 0.416 e. The van der Waals surface area contributed by atoms with Crippen molar-refractivity contribution in [2.24, 2.45) is 12.2 Å². The van der Waals surface area contributed by atoms with Crippen molar-refractivity contribution >= 4 is 23.7 Å². The Morgan fingerprint density at radius 3 is 2.50 bits per heavy atom. The number of aromatic nitrogens is 3. The molecule has 1 unspecified atom stereocenters. The molecule has 0 radical (unpaired) electrons. The van der Waals surface area contributed by atoms with Crippen LogP contribution in [0.4, 0.5) is 13.2 Å². The monoisotopic (exact) mass is 509 g/mol. The van der Waals surface area contributed by atoms with Gasteiger partial charge in [0.25, 0.3) is 0 Å². The van der Waals surface area contributed by atoms with Crippen molar-refractivity contribution in [2.45, 2.75) is 28.8 Å². The molecule has 1 aliphatic rings.